The fourth-order valence-electron chi connectivity index (χ4n) is 1.23. The number of phenolic OH excluding ortho intramolecular Hbond substituents is 1. The molecule has 0 radical (unpaired) electrons. The smallest absolute Gasteiger partial charge is 0.186 e. The highest BCUT2D eigenvalue weighted by Gasteiger charge is 2.10. The van der Waals surface area contributed by atoms with Crippen molar-refractivity contribution >= 4 is 46.7 Å². The van der Waals surface area contributed by atoms with Gasteiger partial charge in [0.15, 0.2) is 5.11 Å². The van der Waals surface area contributed by atoms with Crippen LogP contribution in [0.3, 0.4) is 0 Å². The molecule has 1 aromatic rings. The van der Waals surface area contributed by atoms with Gasteiger partial charge in [-0.2, -0.15) is 5.10 Å². The van der Waals surface area contributed by atoms with Gasteiger partial charge in [0.25, 0.3) is 0 Å². The summed E-state index contributed by atoms with van der Waals surface area (Å²) < 4.78 is 0. The van der Waals surface area contributed by atoms with Gasteiger partial charge in [0.1, 0.15) is 5.75 Å². The van der Waals surface area contributed by atoms with Gasteiger partial charge < -0.3 is 10.4 Å². The second kappa shape index (κ2) is 7.11. The van der Waals surface area contributed by atoms with Crippen molar-refractivity contribution in [2.75, 3.05) is 6.54 Å². The predicted octanol–water partition coefficient (Wildman–Crippen LogP) is 3.54. The molecule has 0 aliphatic heterocycles. The zero-order valence-corrected chi connectivity index (χ0v) is 13.8. The molecule has 0 saturated heterocycles. The number of nitrogens with zero attached hydrogens (tertiary/aromatic N) is 1. The summed E-state index contributed by atoms with van der Waals surface area (Å²) in [4.78, 5) is 0. The van der Waals surface area contributed by atoms with Gasteiger partial charge in [-0.3, -0.25) is 5.43 Å². The SMILES string of the molecule is CC(C)(C)CNC(=S)NN=Cc1cc(Cl)cc(Cl)c1O. The van der Waals surface area contributed by atoms with E-state index in [0.29, 0.717) is 15.7 Å². The van der Waals surface area contributed by atoms with Crippen molar-refractivity contribution < 1.29 is 5.11 Å². The molecule has 0 aromatic heterocycles. The minimum Gasteiger partial charge on any atom is -0.506 e. The van der Waals surface area contributed by atoms with Crippen molar-refractivity contribution in [2.24, 2.45) is 10.5 Å². The highest BCUT2D eigenvalue weighted by Crippen LogP contribution is 2.29. The number of nitrogens with one attached hydrogen (secondary N) is 2. The Morgan fingerprint density at radius 1 is 1.40 bits per heavy atom. The summed E-state index contributed by atoms with van der Waals surface area (Å²) in [6, 6.07) is 3.01. The molecule has 0 heterocycles. The van der Waals surface area contributed by atoms with Gasteiger partial charge in [-0.15, -0.1) is 0 Å². The quantitative estimate of drug-likeness (QED) is 0.450. The Kier molecular flexibility index (Phi) is 6.05. The molecule has 0 atom stereocenters. The number of phenols is 1. The number of thiocarbonyl (C=S) groups is 1. The minimum absolute atomic E-state index is 0.0739. The van der Waals surface area contributed by atoms with E-state index in [-0.39, 0.29) is 16.2 Å². The molecule has 3 N–H and O–H groups in total. The second-order valence-corrected chi connectivity index (χ2v) is 6.69. The van der Waals surface area contributed by atoms with Crippen LogP contribution in [0.25, 0.3) is 0 Å². The van der Waals surface area contributed by atoms with Gasteiger partial charge in [0, 0.05) is 17.1 Å². The molecule has 110 valence electrons. The van der Waals surface area contributed by atoms with Crippen molar-refractivity contribution in [3.05, 3.63) is 27.7 Å². The van der Waals surface area contributed by atoms with E-state index < -0.39 is 0 Å². The van der Waals surface area contributed by atoms with E-state index in [9.17, 15) is 5.11 Å². The summed E-state index contributed by atoms with van der Waals surface area (Å²) in [6.45, 7) is 7.01. The molecule has 20 heavy (non-hydrogen) atoms. The largest absolute Gasteiger partial charge is 0.506 e. The predicted molar refractivity (Wildman–Crippen MR) is 88.9 cm³/mol. The van der Waals surface area contributed by atoms with Crippen LogP contribution >= 0.6 is 35.4 Å². The van der Waals surface area contributed by atoms with Crippen LogP contribution in [0.1, 0.15) is 26.3 Å². The Bertz CT molecular complexity index is 527. The van der Waals surface area contributed by atoms with E-state index >= 15 is 0 Å². The third-order valence-electron chi connectivity index (χ3n) is 2.21. The summed E-state index contributed by atoms with van der Waals surface area (Å²) in [5, 5.41) is 17.7. The molecule has 0 spiro atoms. The van der Waals surface area contributed by atoms with Crippen LogP contribution in [-0.2, 0) is 0 Å². The van der Waals surface area contributed by atoms with E-state index in [1.165, 1.54) is 12.3 Å². The Balaban J connectivity index is 2.59. The number of benzene rings is 1. The molecule has 0 saturated carbocycles. The number of hydrazone groups is 1. The van der Waals surface area contributed by atoms with E-state index in [0.717, 1.165) is 6.54 Å². The molecular weight excluding hydrogens is 317 g/mol. The van der Waals surface area contributed by atoms with Crippen molar-refractivity contribution in [1.82, 2.24) is 10.7 Å². The lowest BCUT2D eigenvalue weighted by molar-refractivity contribution is 0.408. The monoisotopic (exact) mass is 333 g/mol. The summed E-state index contributed by atoms with van der Waals surface area (Å²) >= 11 is 16.7. The van der Waals surface area contributed by atoms with Crippen LogP contribution in [0.2, 0.25) is 10.0 Å². The van der Waals surface area contributed by atoms with Gasteiger partial charge in [-0.1, -0.05) is 44.0 Å². The first-order valence-corrected chi connectivity index (χ1v) is 7.10. The lowest BCUT2D eigenvalue weighted by Crippen LogP contribution is -2.37. The fraction of sp³-hybridized carbons (Fsp3) is 0.385. The standard InChI is InChI=1S/C13H17Cl2N3OS/c1-13(2,3)7-16-12(20)18-17-6-8-4-9(14)5-10(15)11(8)19/h4-6,19H,7H2,1-3H3,(H2,16,18,20). The zero-order chi connectivity index (χ0) is 15.3. The van der Waals surface area contributed by atoms with Crippen LogP contribution in [0.5, 0.6) is 5.75 Å². The van der Waals surface area contributed by atoms with E-state index in [1.54, 1.807) is 6.07 Å². The Morgan fingerprint density at radius 3 is 2.65 bits per heavy atom. The minimum atomic E-state index is -0.0739. The maximum absolute atomic E-state index is 9.74. The summed E-state index contributed by atoms with van der Waals surface area (Å²) in [5.74, 6) is -0.0739. The molecule has 0 aliphatic rings. The second-order valence-electron chi connectivity index (χ2n) is 5.44. The van der Waals surface area contributed by atoms with Crippen molar-refractivity contribution in [2.45, 2.75) is 20.8 Å². The average molecular weight is 334 g/mol. The highest BCUT2D eigenvalue weighted by molar-refractivity contribution is 7.80. The van der Waals surface area contributed by atoms with Gasteiger partial charge in [0.05, 0.1) is 11.2 Å². The molecule has 0 bridgehead atoms. The lowest BCUT2D eigenvalue weighted by Gasteiger charge is -2.19. The van der Waals surface area contributed by atoms with E-state index in [4.69, 9.17) is 35.4 Å². The molecule has 0 fully saturated rings. The van der Waals surface area contributed by atoms with Gasteiger partial charge in [-0.05, 0) is 29.8 Å². The van der Waals surface area contributed by atoms with Gasteiger partial charge in [-0.25, -0.2) is 0 Å². The Morgan fingerprint density at radius 2 is 2.05 bits per heavy atom. The van der Waals surface area contributed by atoms with Crippen molar-refractivity contribution in [1.29, 1.82) is 0 Å². The van der Waals surface area contributed by atoms with Crippen LogP contribution < -0.4 is 10.7 Å². The van der Waals surface area contributed by atoms with Gasteiger partial charge in [0.2, 0.25) is 0 Å². The summed E-state index contributed by atoms with van der Waals surface area (Å²) in [6.07, 6.45) is 1.40. The number of hydrogen-bond donors (Lipinski definition) is 3. The lowest BCUT2D eigenvalue weighted by atomic mass is 9.97. The topological polar surface area (TPSA) is 56.7 Å². The molecule has 0 aliphatic carbocycles. The number of hydrogen-bond acceptors (Lipinski definition) is 3. The van der Waals surface area contributed by atoms with Crippen LogP contribution in [-0.4, -0.2) is 23.0 Å². The first-order valence-electron chi connectivity index (χ1n) is 5.94. The molecule has 1 rings (SSSR count). The maximum Gasteiger partial charge on any atom is 0.186 e. The average Bonchev–Trinajstić information content (AvgIpc) is 2.31. The summed E-state index contributed by atoms with van der Waals surface area (Å²) in [5.41, 5.74) is 3.19. The normalized spacial score (nSPS) is 11.7. The number of rotatable bonds is 3. The number of aromatic hydroxyl groups is 1. The van der Waals surface area contributed by atoms with Crippen LogP contribution in [0.4, 0.5) is 0 Å². The fourth-order valence-corrected chi connectivity index (χ4v) is 1.86. The molecule has 1 aromatic carbocycles. The molecule has 0 amide bonds. The molecule has 7 heteroatoms. The third-order valence-corrected chi connectivity index (χ3v) is 2.95. The highest BCUT2D eigenvalue weighted by atomic mass is 35.5. The molecular formula is C13H17Cl2N3OS. The third kappa shape index (κ3) is 5.94. The zero-order valence-electron chi connectivity index (χ0n) is 11.5. The molecule has 4 nitrogen and oxygen atoms in total. The van der Waals surface area contributed by atoms with Crippen LogP contribution in [0, 0.1) is 5.41 Å². The van der Waals surface area contributed by atoms with Crippen molar-refractivity contribution in [3.8, 4) is 5.75 Å². The maximum atomic E-state index is 9.74. The van der Waals surface area contributed by atoms with Crippen molar-refractivity contribution in [3.63, 3.8) is 0 Å². The van der Waals surface area contributed by atoms with E-state index in [2.05, 4.69) is 36.6 Å². The Hall–Kier alpha value is -1.04. The molecule has 0 unspecified atom stereocenters. The summed E-state index contributed by atoms with van der Waals surface area (Å²) in [7, 11) is 0. The first-order chi connectivity index (χ1) is 9.19. The van der Waals surface area contributed by atoms with Crippen LogP contribution in [0.15, 0.2) is 17.2 Å². The van der Waals surface area contributed by atoms with E-state index in [1.807, 2.05) is 0 Å². The van der Waals surface area contributed by atoms with Gasteiger partial charge >= 0.3 is 0 Å². The Labute approximate surface area is 134 Å². The first kappa shape index (κ1) is 17.0. The number of halogens is 2.